The minimum Gasteiger partial charge on any atom is -0.415 e. The monoisotopic (exact) mass is 485 g/mol. The van der Waals surface area contributed by atoms with E-state index in [9.17, 15) is 13.0 Å². The molecule has 3 aromatic carbocycles. The first-order chi connectivity index (χ1) is 15.5. The van der Waals surface area contributed by atoms with Gasteiger partial charge in [-0.05, 0) is 47.8 Å². The van der Waals surface area contributed by atoms with Gasteiger partial charge in [0.2, 0.25) is 10.0 Å². The zero-order chi connectivity index (χ0) is 22.4. The average molecular weight is 486 g/mol. The second-order valence-electron chi connectivity index (χ2n) is 6.70. The maximum absolute atomic E-state index is 14.3. The molecule has 32 heavy (non-hydrogen) atoms. The van der Waals surface area contributed by atoms with Gasteiger partial charge >= 0.3 is 7.60 Å². The largest absolute Gasteiger partial charge is 0.453 e. The summed E-state index contributed by atoms with van der Waals surface area (Å²) in [5.41, 5.74) is 0. The highest BCUT2D eigenvalue weighted by Gasteiger charge is 2.44. The van der Waals surface area contributed by atoms with Crippen molar-refractivity contribution < 1.29 is 22.0 Å². The van der Waals surface area contributed by atoms with Crippen molar-refractivity contribution in [2.45, 2.75) is 10.7 Å². The molecule has 6 nitrogen and oxygen atoms in total. The van der Waals surface area contributed by atoms with E-state index >= 15 is 0 Å². The van der Waals surface area contributed by atoms with Crippen LogP contribution in [0.3, 0.4) is 0 Å². The highest BCUT2D eigenvalue weighted by molar-refractivity contribution is 7.89. The van der Waals surface area contributed by atoms with Crippen LogP contribution in [-0.2, 0) is 14.6 Å². The number of hydrogen-bond acceptors (Lipinski definition) is 6. The van der Waals surface area contributed by atoms with Crippen LogP contribution >= 0.6 is 18.9 Å². The molecular weight excluding hydrogens is 465 g/mol. The van der Waals surface area contributed by atoms with Crippen LogP contribution in [-0.4, -0.2) is 8.42 Å². The average Bonchev–Trinajstić information content (AvgIpc) is 3.34. The van der Waals surface area contributed by atoms with Crippen molar-refractivity contribution in [1.29, 1.82) is 0 Å². The van der Waals surface area contributed by atoms with E-state index in [0.717, 1.165) is 0 Å². The lowest BCUT2D eigenvalue weighted by Crippen LogP contribution is -2.30. The lowest BCUT2D eigenvalue weighted by Gasteiger charge is -2.27. The fraction of sp³-hybridized carbons (Fsp3) is 0.0435. The summed E-state index contributed by atoms with van der Waals surface area (Å²) in [4.78, 5) is 0.548. The Labute approximate surface area is 191 Å². The van der Waals surface area contributed by atoms with Gasteiger partial charge in [0.25, 0.3) is 0 Å². The number of thiophene rings is 1. The smallest absolute Gasteiger partial charge is 0.415 e. The molecule has 0 aliphatic heterocycles. The SMILES string of the molecule is O=P(Oc1ccccc1)(Oc1ccccc1)C(NS(=O)(=O)c1ccccc1)c1cccs1. The zero-order valence-electron chi connectivity index (χ0n) is 16.8. The summed E-state index contributed by atoms with van der Waals surface area (Å²) in [6.45, 7) is 0. The Kier molecular flexibility index (Phi) is 6.77. The molecule has 1 aromatic heterocycles. The molecule has 0 fully saturated rings. The highest BCUT2D eigenvalue weighted by atomic mass is 32.2. The van der Waals surface area contributed by atoms with Crippen molar-refractivity contribution >= 4 is 29.0 Å². The van der Waals surface area contributed by atoms with Gasteiger partial charge in [0, 0.05) is 4.88 Å². The molecule has 0 aliphatic carbocycles. The lowest BCUT2D eigenvalue weighted by atomic mass is 10.3. The van der Waals surface area contributed by atoms with Gasteiger partial charge in [-0.2, -0.15) is 4.72 Å². The molecule has 1 heterocycles. The molecule has 0 aliphatic rings. The molecule has 0 amide bonds. The molecule has 1 atom stereocenters. The van der Waals surface area contributed by atoms with E-state index in [-0.39, 0.29) is 4.90 Å². The Bertz CT molecular complexity index is 1240. The predicted molar refractivity (Wildman–Crippen MR) is 126 cm³/mol. The molecule has 9 heteroatoms. The molecule has 4 rings (SSSR count). The standard InChI is InChI=1S/C23H20NO5PS2/c25-30(28-19-11-4-1-5-12-19,29-20-13-6-2-7-14-20)23(22-17-10-18-31-22)24-32(26,27)21-15-8-3-9-16-21/h1-18,23-24H. The fourth-order valence-corrected chi connectivity index (χ4v) is 7.71. The number of hydrogen-bond donors (Lipinski definition) is 1. The summed E-state index contributed by atoms with van der Waals surface area (Å²) in [7, 11) is -8.19. The Hall–Kier alpha value is -2.90. The number of sulfonamides is 1. The van der Waals surface area contributed by atoms with Crippen LogP contribution < -0.4 is 13.8 Å². The maximum Gasteiger partial charge on any atom is 0.453 e. The molecule has 0 saturated heterocycles. The van der Waals surface area contributed by atoms with Crippen molar-refractivity contribution in [3.8, 4) is 11.5 Å². The normalized spacial score (nSPS) is 12.8. The van der Waals surface area contributed by atoms with Crippen LogP contribution in [0.5, 0.6) is 11.5 Å². The van der Waals surface area contributed by atoms with Crippen LogP contribution in [0.2, 0.25) is 0 Å². The minimum absolute atomic E-state index is 0.0486. The molecule has 1 N–H and O–H groups in total. The zero-order valence-corrected chi connectivity index (χ0v) is 19.3. The van der Waals surface area contributed by atoms with Gasteiger partial charge in [-0.1, -0.05) is 60.7 Å². The van der Waals surface area contributed by atoms with Crippen LogP contribution in [0.15, 0.2) is 113 Å². The van der Waals surface area contributed by atoms with Gasteiger partial charge in [0.15, 0.2) is 5.78 Å². The number of para-hydroxylation sites is 2. The Morgan fingerprint density at radius 3 is 1.69 bits per heavy atom. The summed E-state index contributed by atoms with van der Waals surface area (Å²) in [6.07, 6.45) is 0. The van der Waals surface area contributed by atoms with E-state index in [1.807, 2.05) is 0 Å². The van der Waals surface area contributed by atoms with Crippen LogP contribution in [0, 0.1) is 0 Å². The van der Waals surface area contributed by atoms with Crippen LogP contribution in [0.1, 0.15) is 10.7 Å². The van der Waals surface area contributed by atoms with Gasteiger partial charge in [0.05, 0.1) is 4.90 Å². The maximum atomic E-state index is 14.3. The number of nitrogens with one attached hydrogen (secondary N) is 1. The topological polar surface area (TPSA) is 81.7 Å². The molecular formula is C23H20NO5PS2. The van der Waals surface area contributed by atoms with Crippen molar-refractivity contribution in [2.75, 3.05) is 0 Å². The summed E-state index contributed by atoms with van der Waals surface area (Å²) in [6, 6.07) is 28.4. The quantitative estimate of drug-likeness (QED) is 0.291. The lowest BCUT2D eigenvalue weighted by molar-refractivity contribution is 0.369. The van der Waals surface area contributed by atoms with E-state index < -0.39 is 23.4 Å². The second-order valence-corrected chi connectivity index (χ2v) is 11.4. The third-order valence-electron chi connectivity index (χ3n) is 4.40. The van der Waals surface area contributed by atoms with Crippen molar-refractivity contribution in [1.82, 2.24) is 4.72 Å². The molecule has 0 saturated carbocycles. The summed E-state index contributed by atoms with van der Waals surface area (Å²) < 4.78 is 54.9. The molecule has 0 radical (unpaired) electrons. The molecule has 1 unspecified atom stereocenters. The van der Waals surface area contributed by atoms with E-state index in [1.165, 1.54) is 23.5 Å². The third-order valence-corrected chi connectivity index (χ3v) is 9.10. The Morgan fingerprint density at radius 1 is 0.719 bits per heavy atom. The number of rotatable bonds is 9. The molecule has 0 bridgehead atoms. The van der Waals surface area contributed by atoms with Crippen LogP contribution in [0.25, 0.3) is 0 Å². The van der Waals surface area contributed by atoms with Crippen molar-refractivity contribution in [3.63, 3.8) is 0 Å². The van der Waals surface area contributed by atoms with Gasteiger partial charge in [0.1, 0.15) is 11.5 Å². The van der Waals surface area contributed by atoms with Crippen molar-refractivity contribution in [3.05, 3.63) is 113 Å². The first kappa shape index (κ1) is 22.3. The van der Waals surface area contributed by atoms with Gasteiger partial charge in [-0.15, -0.1) is 11.3 Å². The van der Waals surface area contributed by atoms with E-state index in [1.54, 1.807) is 96.4 Å². The molecule has 0 spiro atoms. The van der Waals surface area contributed by atoms with Gasteiger partial charge in [-0.3, -0.25) is 0 Å². The van der Waals surface area contributed by atoms with E-state index in [2.05, 4.69) is 4.72 Å². The summed E-state index contributed by atoms with van der Waals surface area (Å²) in [5.74, 6) is -0.674. The van der Waals surface area contributed by atoms with Gasteiger partial charge in [-0.25, -0.2) is 13.0 Å². The molecule has 4 aromatic rings. The third kappa shape index (κ3) is 5.29. The summed E-state index contributed by atoms with van der Waals surface area (Å²) in [5, 5.41) is 1.77. The van der Waals surface area contributed by atoms with Crippen molar-refractivity contribution in [2.24, 2.45) is 0 Å². The molecule has 164 valence electrons. The minimum atomic E-state index is -4.16. The highest BCUT2D eigenvalue weighted by Crippen LogP contribution is 2.60. The van der Waals surface area contributed by atoms with Crippen LogP contribution in [0.4, 0.5) is 0 Å². The Morgan fingerprint density at radius 2 is 1.22 bits per heavy atom. The van der Waals surface area contributed by atoms with Gasteiger partial charge < -0.3 is 9.05 Å². The fourth-order valence-electron chi connectivity index (χ4n) is 2.92. The Balaban J connectivity index is 1.79. The number of benzene rings is 3. The van der Waals surface area contributed by atoms with E-state index in [4.69, 9.17) is 9.05 Å². The first-order valence-corrected chi connectivity index (χ1v) is 13.6. The van der Waals surface area contributed by atoms with E-state index in [0.29, 0.717) is 16.4 Å². The summed E-state index contributed by atoms with van der Waals surface area (Å²) >= 11 is 1.26. The first-order valence-electron chi connectivity index (χ1n) is 9.66. The second kappa shape index (κ2) is 9.71. The predicted octanol–water partition coefficient (Wildman–Crippen LogP) is 6.08.